The number of hydrogen-bond acceptors (Lipinski definition) is 3. The monoisotopic (exact) mass is 159 g/mol. The van der Waals surface area contributed by atoms with Crippen molar-refractivity contribution in [1.29, 1.82) is 0 Å². The minimum Gasteiger partial charge on any atom is -0.450 e. The molecular formula is C7H13NO3. The smallest absolute Gasteiger partial charge is 0.411 e. The Hall–Kier alpha value is -0.770. The van der Waals surface area contributed by atoms with Crippen LogP contribution in [-0.4, -0.2) is 35.5 Å². The molecule has 1 saturated heterocycles. The lowest BCUT2D eigenvalue weighted by molar-refractivity contribution is 0.0267. The van der Waals surface area contributed by atoms with Gasteiger partial charge in [-0.2, -0.15) is 0 Å². The Morgan fingerprint density at radius 2 is 2.55 bits per heavy atom. The zero-order valence-electron chi connectivity index (χ0n) is 6.62. The van der Waals surface area contributed by atoms with E-state index in [0.717, 1.165) is 6.42 Å². The molecule has 4 nitrogen and oxygen atoms in total. The third kappa shape index (κ3) is 1.83. The van der Waals surface area contributed by atoms with Gasteiger partial charge in [0.2, 0.25) is 0 Å². The van der Waals surface area contributed by atoms with Crippen LogP contribution in [0.25, 0.3) is 0 Å². The fourth-order valence-electron chi connectivity index (χ4n) is 1.17. The quantitative estimate of drug-likeness (QED) is 0.608. The van der Waals surface area contributed by atoms with Gasteiger partial charge >= 0.3 is 6.09 Å². The van der Waals surface area contributed by atoms with Crippen LogP contribution >= 0.6 is 0 Å². The van der Waals surface area contributed by atoms with E-state index in [0.29, 0.717) is 19.6 Å². The van der Waals surface area contributed by atoms with E-state index in [4.69, 9.17) is 4.74 Å². The average Bonchev–Trinajstić information content (AvgIpc) is 2.36. The number of nitrogens with zero attached hydrogens (tertiary/aromatic N) is 1. The van der Waals surface area contributed by atoms with Gasteiger partial charge in [0.15, 0.2) is 0 Å². The molecule has 0 aromatic carbocycles. The average molecular weight is 159 g/mol. The molecule has 1 unspecified atom stereocenters. The molecule has 1 atom stereocenters. The lowest BCUT2D eigenvalue weighted by atomic mass is 10.4. The first-order chi connectivity index (χ1) is 5.25. The highest BCUT2D eigenvalue weighted by atomic mass is 16.6. The van der Waals surface area contributed by atoms with Crippen LogP contribution in [0.5, 0.6) is 0 Å². The Morgan fingerprint density at radius 1 is 1.82 bits per heavy atom. The van der Waals surface area contributed by atoms with Crippen LogP contribution < -0.4 is 0 Å². The van der Waals surface area contributed by atoms with Gasteiger partial charge in [0.25, 0.3) is 0 Å². The maximum Gasteiger partial charge on any atom is 0.411 e. The molecule has 0 aliphatic carbocycles. The lowest BCUT2D eigenvalue weighted by Crippen LogP contribution is -2.35. The third-order valence-electron chi connectivity index (χ3n) is 1.72. The van der Waals surface area contributed by atoms with E-state index in [9.17, 15) is 9.90 Å². The van der Waals surface area contributed by atoms with Gasteiger partial charge in [-0.05, 0) is 19.8 Å². The Kier molecular flexibility index (Phi) is 2.70. The second-order valence-electron chi connectivity index (χ2n) is 2.52. The summed E-state index contributed by atoms with van der Waals surface area (Å²) in [4.78, 5) is 12.4. The number of aliphatic hydroxyl groups is 1. The fraction of sp³-hybridized carbons (Fsp3) is 0.857. The summed E-state index contributed by atoms with van der Waals surface area (Å²) in [6.07, 6.45) is 0.491. The van der Waals surface area contributed by atoms with Gasteiger partial charge in [-0.1, -0.05) is 0 Å². The molecule has 0 aromatic heterocycles. The van der Waals surface area contributed by atoms with Gasteiger partial charge in [-0.25, -0.2) is 4.79 Å². The maximum absolute atomic E-state index is 11.0. The van der Waals surface area contributed by atoms with Gasteiger partial charge in [0.05, 0.1) is 6.61 Å². The van der Waals surface area contributed by atoms with Crippen LogP contribution in [0, 0.1) is 0 Å². The normalized spacial score (nSPS) is 23.8. The minimum absolute atomic E-state index is 0.363. The first-order valence-electron chi connectivity index (χ1n) is 3.87. The molecule has 1 aliphatic rings. The molecular weight excluding hydrogens is 146 g/mol. The van der Waals surface area contributed by atoms with Gasteiger partial charge in [0.1, 0.15) is 6.23 Å². The van der Waals surface area contributed by atoms with Crippen LogP contribution in [0.4, 0.5) is 4.79 Å². The molecule has 1 heterocycles. The van der Waals surface area contributed by atoms with E-state index < -0.39 is 12.3 Å². The van der Waals surface area contributed by atoms with Gasteiger partial charge in [-0.3, -0.25) is 4.90 Å². The summed E-state index contributed by atoms with van der Waals surface area (Å²) in [5, 5.41) is 9.21. The van der Waals surface area contributed by atoms with E-state index in [2.05, 4.69) is 0 Å². The highest BCUT2D eigenvalue weighted by molar-refractivity contribution is 5.68. The summed E-state index contributed by atoms with van der Waals surface area (Å²) in [7, 11) is 0. The van der Waals surface area contributed by atoms with E-state index >= 15 is 0 Å². The van der Waals surface area contributed by atoms with Crippen LogP contribution in [0.15, 0.2) is 0 Å². The van der Waals surface area contributed by atoms with E-state index in [1.807, 2.05) is 0 Å². The van der Waals surface area contributed by atoms with Crippen molar-refractivity contribution in [1.82, 2.24) is 4.90 Å². The lowest BCUT2D eigenvalue weighted by Gasteiger charge is -2.18. The van der Waals surface area contributed by atoms with Crippen molar-refractivity contribution in [3.8, 4) is 0 Å². The summed E-state index contributed by atoms with van der Waals surface area (Å²) in [5.74, 6) is 0. The first-order valence-corrected chi connectivity index (χ1v) is 3.87. The number of ether oxygens (including phenoxy) is 1. The molecule has 11 heavy (non-hydrogen) atoms. The molecule has 1 amide bonds. The molecule has 1 rings (SSSR count). The Labute approximate surface area is 65.8 Å². The summed E-state index contributed by atoms with van der Waals surface area (Å²) in [6.45, 7) is 2.72. The zero-order valence-corrected chi connectivity index (χ0v) is 6.62. The van der Waals surface area contributed by atoms with E-state index in [1.165, 1.54) is 4.90 Å². The number of hydrogen-bond donors (Lipinski definition) is 1. The Morgan fingerprint density at radius 3 is 3.00 bits per heavy atom. The van der Waals surface area contributed by atoms with Crippen LogP contribution in [0.2, 0.25) is 0 Å². The molecule has 4 heteroatoms. The zero-order chi connectivity index (χ0) is 8.27. The summed E-state index contributed by atoms with van der Waals surface area (Å²) < 4.78 is 4.72. The Balaban J connectivity index is 2.39. The minimum atomic E-state index is -0.631. The molecule has 0 bridgehead atoms. The highest BCUT2D eigenvalue weighted by Gasteiger charge is 2.27. The maximum atomic E-state index is 11.0. The van der Waals surface area contributed by atoms with Crippen LogP contribution in [0.1, 0.15) is 19.8 Å². The number of aliphatic hydroxyl groups excluding tert-OH is 1. The number of likely N-dealkylation sites (tertiary alicyclic amines) is 1. The largest absolute Gasteiger partial charge is 0.450 e. The van der Waals surface area contributed by atoms with Crippen LogP contribution in [0.3, 0.4) is 0 Å². The SMILES string of the molecule is CCOC(=O)N1CCCC1O. The predicted molar refractivity (Wildman–Crippen MR) is 39.0 cm³/mol. The molecule has 0 spiro atoms. The van der Waals surface area contributed by atoms with Gasteiger partial charge in [-0.15, -0.1) is 0 Å². The molecule has 0 aromatic rings. The molecule has 1 aliphatic heterocycles. The molecule has 0 radical (unpaired) electrons. The van der Waals surface area contributed by atoms with Crippen molar-refractivity contribution in [2.24, 2.45) is 0 Å². The standard InChI is InChI=1S/C7H13NO3/c1-2-11-7(10)8-5-3-4-6(8)9/h6,9H,2-5H2,1H3. The molecule has 1 N–H and O–H groups in total. The molecule has 64 valence electrons. The third-order valence-corrected chi connectivity index (χ3v) is 1.72. The number of amides is 1. The number of carbonyl (C=O) groups is 1. The van der Waals surface area contributed by atoms with Gasteiger partial charge in [0, 0.05) is 6.54 Å². The predicted octanol–water partition coefficient (Wildman–Crippen LogP) is 0.557. The highest BCUT2D eigenvalue weighted by Crippen LogP contribution is 2.15. The Bertz CT molecular complexity index is 149. The van der Waals surface area contributed by atoms with E-state index in [-0.39, 0.29) is 0 Å². The fourth-order valence-corrected chi connectivity index (χ4v) is 1.17. The summed E-state index contributed by atoms with van der Waals surface area (Å²) in [5.41, 5.74) is 0. The van der Waals surface area contributed by atoms with E-state index in [1.54, 1.807) is 6.92 Å². The first kappa shape index (κ1) is 8.33. The van der Waals surface area contributed by atoms with Crippen molar-refractivity contribution in [2.45, 2.75) is 26.0 Å². The van der Waals surface area contributed by atoms with Crippen molar-refractivity contribution in [3.05, 3.63) is 0 Å². The summed E-state index contributed by atoms with van der Waals surface area (Å²) in [6, 6.07) is 0. The number of carbonyl (C=O) groups excluding carboxylic acids is 1. The second-order valence-corrected chi connectivity index (χ2v) is 2.52. The second kappa shape index (κ2) is 3.57. The summed E-state index contributed by atoms with van der Waals surface area (Å²) >= 11 is 0. The molecule has 0 saturated carbocycles. The van der Waals surface area contributed by atoms with Gasteiger partial charge < -0.3 is 9.84 Å². The van der Waals surface area contributed by atoms with Crippen LogP contribution in [-0.2, 0) is 4.74 Å². The van der Waals surface area contributed by atoms with Crippen molar-refractivity contribution in [2.75, 3.05) is 13.2 Å². The number of rotatable bonds is 1. The van der Waals surface area contributed by atoms with Crippen molar-refractivity contribution >= 4 is 6.09 Å². The van der Waals surface area contributed by atoms with Crippen molar-refractivity contribution in [3.63, 3.8) is 0 Å². The topological polar surface area (TPSA) is 49.8 Å². The molecule has 1 fully saturated rings. The van der Waals surface area contributed by atoms with Crippen molar-refractivity contribution < 1.29 is 14.6 Å².